The summed E-state index contributed by atoms with van der Waals surface area (Å²) in [6.07, 6.45) is 4.44. The highest BCUT2D eigenvalue weighted by atomic mass is 16.5. The number of nitrogens with zero attached hydrogens (tertiary/aromatic N) is 1. The Hall–Kier alpha value is -2.40. The van der Waals surface area contributed by atoms with E-state index in [1.165, 1.54) is 5.56 Å². The van der Waals surface area contributed by atoms with Crippen molar-refractivity contribution in [1.82, 2.24) is 10.3 Å². The second-order valence-corrected chi connectivity index (χ2v) is 6.09. The minimum Gasteiger partial charge on any atom is -0.496 e. The number of carbonyl (C=O) groups is 1. The molecule has 1 amide bonds. The SMILES string of the molecule is COc1c(C)cccc1C(=O)N[C@@H]1COC[C@H]1Cc1ccncc1. The summed E-state index contributed by atoms with van der Waals surface area (Å²) in [7, 11) is 1.59. The van der Waals surface area contributed by atoms with Crippen LogP contribution in [0, 0.1) is 12.8 Å². The van der Waals surface area contributed by atoms with Crippen molar-refractivity contribution in [2.75, 3.05) is 20.3 Å². The number of aryl methyl sites for hydroxylation is 1. The van der Waals surface area contributed by atoms with Gasteiger partial charge in [0.15, 0.2) is 0 Å². The molecule has 126 valence electrons. The third kappa shape index (κ3) is 3.57. The number of pyridine rings is 1. The standard InChI is InChI=1S/C19H22N2O3/c1-13-4-3-5-16(18(13)23-2)19(22)21-17-12-24-11-15(17)10-14-6-8-20-9-7-14/h3-9,15,17H,10-12H2,1-2H3,(H,21,22)/t15-,17-/m1/s1. The summed E-state index contributed by atoms with van der Waals surface area (Å²) < 4.78 is 11.0. The molecule has 2 heterocycles. The van der Waals surface area contributed by atoms with E-state index in [0.717, 1.165) is 12.0 Å². The van der Waals surface area contributed by atoms with E-state index < -0.39 is 0 Å². The van der Waals surface area contributed by atoms with Crippen LogP contribution in [0.5, 0.6) is 5.75 Å². The highest BCUT2D eigenvalue weighted by Crippen LogP contribution is 2.24. The van der Waals surface area contributed by atoms with Gasteiger partial charge in [-0.3, -0.25) is 9.78 Å². The second kappa shape index (κ2) is 7.45. The fraction of sp³-hybridized carbons (Fsp3) is 0.368. The predicted molar refractivity (Wildman–Crippen MR) is 91.2 cm³/mol. The molecular formula is C19H22N2O3. The molecule has 1 aliphatic rings. The van der Waals surface area contributed by atoms with E-state index in [1.54, 1.807) is 25.6 Å². The molecule has 3 rings (SSSR count). The van der Waals surface area contributed by atoms with Crippen molar-refractivity contribution in [3.05, 3.63) is 59.4 Å². The van der Waals surface area contributed by atoms with Crippen LogP contribution in [0.1, 0.15) is 21.5 Å². The lowest BCUT2D eigenvalue weighted by atomic mass is 9.95. The third-order valence-corrected chi connectivity index (χ3v) is 4.42. The Morgan fingerprint density at radius 1 is 1.29 bits per heavy atom. The largest absolute Gasteiger partial charge is 0.496 e. The van der Waals surface area contributed by atoms with Gasteiger partial charge in [-0.05, 0) is 42.7 Å². The fourth-order valence-corrected chi connectivity index (χ4v) is 3.13. The number of benzene rings is 1. The molecule has 1 fully saturated rings. The van der Waals surface area contributed by atoms with Crippen molar-refractivity contribution >= 4 is 5.91 Å². The van der Waals surface area contributed by atoms with Gasteiger partial charge in [0.05, 0.1) is 31.9 Å². The van der Waals surface area contributed by atoms with E-state index in [2.05, 4.69) is 10.3 Å². The van der Waals surface area contributed by atoms with Gasteiger partial charge in [0.1, 0.15) is 5.75 Å². The molecule has 1 saturated heterocycles. The molecule has 0 saturated carbocycles. The van der Waals surface area contributed by atoms with E-state index in [9.17, 15) is 4.79 Å². The number of nitrogens with one attached hydrogen (secondary N) is 1. The lowest BCUT2D eigenvalue weighted by Crippen LogP contribution is -2.40. The number of amides is 1. The van der Waals surface area contributed by atoms with Gasteiger partial charge in [-0.15, -0.1) is 0 Å². The van der Waals surface area contributed by atoms with Crippen LogP contribution >= 0.6 is 0 Å². The second-order valence-electron chi connectivity index (χ2n) is 6.09. The maximum atomic E-state index is 12.7. The number of para-hydroxylation sites is 1. The van der Waals surface area contributed by atoms with Crippen molar-refractivity contribution in [2.45, 2.75) is 19.4 Å². The molecule has 24 heavy (non-hydrogen) atoms. The lowest BCUT2D eigenvalue weighted by Gasteiger charge is -2.20. The highest BCUT2D eigenvalue weighted by Gasteiger charge is 2.30. The molecule has 2 aromatic rings. The zero-order chi connectivity index (χ0) is 16.9. The normalized spacial score (nSPS) is 19.9. The average molecular weight is 326 g/mol. The van der Waals surface area contributed by atoms with Crippen molar-refractivity contribution in [2.24, 2.45) is 5.92 Å². The lowest BCUT2D eigenvalue weighted by molar-refractivity contribution is 0.0922. The number of hydrogen-bond acceptors (Lipinski definition) is 4. The van der Waals surface area contributed by atoms with Crippen LogP contribution in [0.25, 0.3) is 0 Å². The monoisotopic (exact) mass is 326 g/mol. The number of ether oxygens (including phenoxy) is 2. The van der Waals surface area contributed by atoms with Crippen LogP contribution in [0.4, 0.5) is 0 Å². The quantitative estimate of drug-likeness (QED) is 0.916. The molecule has 0 bridgehead atoms. The Morgan fingerprint density at radius 2 is 2.08 bits per heavy atom. The highest BCUT2D eigenvalue weighted by molar-refractivity contribution is 5.97. The van der Waals surface area contributed by atoms with Gasteiger partial charge in [-0.1, -0.05) is 12.1 Å². The first-order chi connectivity index (χ1) is 11.7. The molecule has 1 aromatic heterocycles. The summed E-state index contributed by atoms with van der Waals surface area (Å²) in [5.74, 6) is 0.762. The number of carbonyl (C=O) groups excluding carboxylic acids is 1. The smallest absolute Gasteiger partial charge is 0.255 e. The molecular weight excluding hydrogens is 304 g/mol. The molecule has 0 unspecified atom stereocenters. The number of aromatic nitrogens is 1. The Kier molecular flexibility index (Phi) is 5.11. The van der Waals surface area contributed by atoms with Crippen LogP contribution in [0.3, 0.4) is 0 Å². The summed E-state index contributed by atoms with van der Waals surface area (Å²) in [4.78, 5) is 16.7. The summed E-state index contributed by atoms with van der Waals surface area (Å²) in [5, 5.41) is 3.11. The van der Waals surface area contributed by atoms with Crippen molar-refractivity contribution in [1.29, 1.82) is 0 Å². The van der Waals surface area contributed by atoms with Gasteiger partial charge in [0, 0.05) is 18.3 Å². The number of hydrogen-bond donors (Lipinski definition) is 1. The summed E-state index contributed by atoms with van der Waals surface area (Å²) in [6, 6.07) is 9.58. The Labute approximate surface area is 142 Å². The topological polar surface area (TPSA) is 60.5 Å². The maximum absolute atomic E-state index is 12.7. The van der Waals surface area contributed by atoms with E-state index in [1.807, 2.05) is 31.2 Å². The van der Waals surface area contributed by atoms with Crippen LogP contribution in [0.15, 0.2) is 42.7 Å². The summed E-state index contributed by atoms with van der Waals surface area (Å²) in [6.45, 7) is 3.12. The van der Waals surface area contributed by atoms with Crippen molar-refractivity contribution < 1.29 is 14.3 Å². The predicted octanol–water partition coefficient (Wildman–Crippen LogP) is 2.39. The minimum absolute atomic E-state index is 0.00381. The molecule has 5 nitrogen and oxygen atoms in total. The molecule has 0 aliphatic carbocycles. The number of methoxy groups -OCH3 is 1. The van der Waals surface area contributed by atoms with Gasteiger partial charge < -0.3 is 14.8 Å². The van der Waals surface area contributed by atoms with Crippen LogP contribution in [-0.2, 0) is 11.2 Å². The Bertz CT molecular complexity index is 703. The molecule has 1 aromatic carbocycles. The fourth-order valence-electron chi connectivity index (χ4n) is 3.13. The molecule has 5 heteroatoms. The Balaban J connectivity index is 1.70. The van der Waals surface area contributed by atoms with Crippen LogP contribution < -0.4 is 10.1 Å². The number of rotatable bonds is 5. The first-order valence-corrected chi connectivity index (χ1v) is 8.10. The van der Waals surface area contributed by atoms with E-state index in [0.29, 0.717) is 24.5 Å². The minimum atomic E-state index is -0.120. The Morgan fingerprint density at radius 3 is 2.83 bits per heavy atom. The van der Waals surface area contributed by atoms with Crippen LogP contribution in [-0.4, -0.2) is 37.3 Å². The first-order valence-electron chi connectivity index (χ1n) is 8.10. The maximum Gasteiger partial charge on any atom is 0.255 e. The zero-order valence-corrected chi connectivity index (χ0v) is 14.0. The van der Waals surface area contributed by atoms with Gasteiger partial charge in [-0.2, -0.15) is 0 Å². The van der Waals surface area contributed by atoms with Crippen LogP contribution in [0.2, 0.25) is 0 Å². The van der Waals surface area contributed by atoms with Crippen molar-refractivity contribution in [3.8, 4) is 5.75 Å². The average Bonchev–Trinajstić information content (AvgIpc) is 3.02. The molecule has 0 spiro atoms. The van der Waals surface area contributed by atoms with Gasteiger partial charge in [0.25, 0.3) is 5.91 Å². The summed E-state index contributed by atoms with van der Waals surface area (Å²) in [5.41, 5.74) is 2.71. The molecule has 1 aliphatic heterocycles. The molecule has 1 N–H and O–H groups in total. The van der Waals surface area contributed by atoms with Gasteiger partial charge in [0.2, 0.25) is 0 Å². The van der Waals surface area contributed by atoms with Crippen molar-refractivity contribution in [3.63, 3.8) is 0 Å². The van der Waals surface area contributed by atoms with E-state index in [-0.39, 0.29) is 17.9 Å². The van der Waals surface area contributed by atoms with Gasteiger partial charge in [-0.25, -0.2) is 0 Å². The van der Waals surface area contributed by atoms with E-state index in [4.69, 9.17) is 9.47 Å². The zero-order valence-electron chi connectivity index (χ0n) is 14.0. The molecule has 0 radical (unpaired) electrons. The van der Waals surface area contributed by atoms with Gasteiger partial charge >= 0.3 is 0 Å². The van der Waals surface area contributed by atoms with E-state index >= 15 is 0 Å². The molecule has 2 atom stereocenters. The first kappa shape index (κ1) is 16.5. The third-order valence-electron chi connectivity index (χ3n) is 4.42. The summed E-state index contributed by atoms with van der Waals surface area (Å²) >= 11 is 0.